The Kier molecular flexibility index (Phi) is 5.41. The van der Waals surface area contributed by atoms with E-state index < -0.39 is 15.9 Å². The maximum absolute atomic E-state index is 12.3. The molecule has 0 fully saturated rings. The first-order valence-electron chi connectivity index (χ1n) is 7.90. The molecule has 0 unspecified atom stereocenters. The topological polar surface area (TPSA) is 75.3 Å². The summed E-state index contributed by atoms with van der Waals surface area (Å²) >= 11 is 3.33. The summed E-state index contributed by atoms with van der Waals surface area (Å²) in [5.74, 6) is -0.432. The second kappa shape index (κ2) is 7.57. The minimum atomic E-state index is -3.83. The summed E-state index contributed by atoms with van der Waals surface area (Å²) < 4.78 is 25.5. The quantitative estimate of drug-likeness (QED) is 0.606. The maximum Gasteiger partial charge on any atom is 0.257 e. The summed E-state index contributed by atoms with van der Waals surface area (Å²) in [6.45, 7) is 1.79. The summed E-state index contributed by atoms with van der Waals surface area (Å²) in [7, 11) is -3.83. The van der Waals surface area contributed by atoms with Gasteiger partial charge in [-0.15, -0.1) is 4.83 Å². The molecule has 134 valence electrons. The predicted molar refractivity (Wildman–Crippen MR) is 105 cm³/mol. The first kappa shape index (κ1) is 18.6. The fourth-order valence-corrected chi connectivity index (χ4v) is 3.82. The van der Waals surface area contributed by atoms with Gasteiger partial charge >= 0.3 is 0 Å². The van der Waals surface area contributed by atoms with E-state index in [2.05, 4.69) is 26.2 Å². The van der Waals surface area contributed by atoms with E-state index in [9.17, 15) is 13.2 Å². The lowest BCUT2D eigenvalue weighted by molar-refractivity contribution is -0.120. The molecule has 0 aliphatic carbocycles. The van der Waals surface area contributed by atoms with Crippen molar-refractivity contribution < 1.29 is 13.2 Å². The van der Waals surface area contributed by atoms with Crippen molar-refractivity contribution >= 4 is 42.6 Å². The second-order valence-corrected chi connectivity index (χ2v) is 8.42. The number of benzene rings is 3. The molecule has 0 heterocycles. The lowest BCUT2D eigenvalue weighted by Gasteiger charge is -2.10. The van der Waals surface area contributed by atoms with E-state index in [0.717, 1.165) is 26.4 Å². The van der Waals surface area contributed by atoms with E-state index in [-0.39, 0.29) is 11.3 Å². The van der Waals surface area contributed by atoms with Crippen LogP contribution in [0.5, 0.6) is 0 Å². The second-order valence-electron chi connectivity index (χ2n) is 5.88. The van der Waals surface area contributed by atoms with Crippen LogP contribution in [0.15, 0.2) is 70.0 Å². The highest BCUT2D eigenvalue weighted by Gasteiger charge is 2.16. The van der Waals surface area contributed by atoms with Crippen molar-refractivity contribution in [2.75, 3.05) is 0 Å². The Morgan fingerprint density at radius 1 is 1.04 bits per heavy atom. The van der Waals surface area contributed by atoms with Crippen molar-refractivity contribution in [2.45, 2.75) is 18.2 Å². The third-order valence-electron chi connectivity index (χ3n) is 4.00. The SMILES string of the molecule is Cc1cc(S(=O)(=O)NNC(=O)Cc2cccc3ccccc23)ccc1Br. The van der Waals surface area contributed by atoms with Gasteiger partial charge in [0.2, 0.25) is 5.91 Å². The third kappa shape index (κ3) is 4.12. The van der Waals surface area contributed by atoms with Gasteiger partial charge < -0.3 is 0 Å². The average molecular weight is 433 g/mol. The van der Waals surface area contributed by atoms with Crippen molar-refractivity contribution in [3.63, 3.8) is 0 Å². The smallest absolute Gasteiger partial charge is 0.257 e. The molecule has 0 saturated carbocycles. The molecule has 0 atom stereocenters. The minimum absolute atomic E-state index is 0.0727. The van der Waals surface area contributed by atoms with Crippen LogP contribution in [0.2, 0.25) is 0 Å². The highest BCUT2D eigenvalue weighted by molar-refractivity contribution is 9.10. The molecule has 7 heteroatoms. The van der Waals surface area contributed by atoms with Crippen LogP contribution in [0.4, 0.5) is 0 Å². The summed E-state index contributed by atoms with van der Waals surface area (Å²) in [5.41, 5.74) is 3.90. The molecule has 0 aromatic heterocycles. The maximum atomic E-state index is 12.3. The van der Waals surface area contributed by atoms with E-state index in [1.165, 1.54) is 12.1 Å². The molecule has 5 nitrogen and oxygen atoms in total. The summed E-state index contributed by atoms with van der Waals surface area (Å²) in [6.07, 6.45) is 0.0727. The Morgan fingerprint density at radius 2 is 1.77 bits per heavy atom. The van der Waals surface area contributed by atoms with E-state index in [4.69, 9.17) is 0 Å². The molecule has 3 aromatic carbocycles. The zero-order valence-electron chi connectivity index (χ0n) is 14.0. The minimum Gasteiger partial charge on any atom is -0.277 e. The number of carbonyl (C=O) groups excluding carboxylic acids is 1. The molecule has 0 bridgehead atoms. The molecule has 0 aliphatic rings. The van der Waals surface area contributed by atoms with Gasteiger partial charge in [0.15, 0.2) is 0 Å². The van der Waals surface area contributed by atoms with Crippen molar-refractivity contribution in [1.29, 1.82) is 0 Å². The number of amides is 1. The normalized spacial score (nSPS) is 11.5. The molecule has 0 radical (unpaired) electrons. The molecule has 26 heavy (non-hydrogen) atoms. The fraction of sp³-hybridized carbons (Fsp3) is 0.105. The molecular weight excluding hydrogens is 416 g/mol. The number of hydrazine groups is 1. The Balaban J connectivity index is 1.71. The van der Waals surface area contributed by atoms with Crippen LogP contribution in [0.25, 0.3) is 10.8 Å². The molecular formula is C19H17BrN2O3S. The predicted octanol–water partition coefficient (Wildman–Crippen LogP) is 3.46. The van der Waals surface area contributed by atoms with Gasteiger partial charge in [-0.05, 0) is 47.0 Å². The van der Waals surface area contributed by atoms with Crippen LogP contribution < -0.4 is 10.3 Å². The molecule has 1 amide bonds. The summed E-state index contributed by atoms with van der Waals surface area (Å²) in [4.78, 5) is 14.4. The monoisotopic (exact) mass is 432 g/mol. The Morgan fingerprint density at radius 3 is 2.54 bits per heavy atom. The molecule has 0 spiro atoms. The van der Waals surface area contributed by atoms with Gasteiger partial charge in [0.1, 0.15) is 0 Å². The van der Waals surface area contributed by atoms with E-state index in [1.54, 1.807) is 13.0 Å². The Bertz CT molecular complexity index is 1080. The number of fused-ring (bicyclic) bond motifs is 1. The van der Waals surface area contributed by atoms with Gasteiger partial charge in [-0.1, -0.05) is 58.4 Å². The van der Waals surface area contributed by atoms with Crippen LogP contribution >= 0.6 is 15.9 Å². The number of carbonyl (C=O) groups is 1. The zero-order chi connectivity index (χ0) is 18.7. The van der Waals surface area contributed by atoms with E-state index in [1.807, 2.05) is 42.5 Å². The van der Waals surface area contributed by atoms with E-state index in [0.29, 0.717) is 0 Å². The van der Waals surface area contributed by atoms with Crippen molar-refractivity contribution in [3.05, 3.63) is 76.3 Å². The number of nitrogens with one attached hydrogen (secondary N) is 2. The number of hydrogen-bond donors (Lipinski definition) is 2. The van der Waals surface area contributed by atoms with Crippen LogP contribution in [0.3, 0.4) is 0 Å². The van der Waals surface area contributed by atoms with Crippen molar-refractivity contribution in [2.24, 2.45) is 0 Å². The van der Waals surface area contributed by atoms with E-state index >= 15 is 0 Å². The van der Waals surface area contributed by atoms with Crippen molar-refractivity contribution in [1.82, 2.24) is 10.3 Å². The highest BCUT2D eigenvalue weighted by Crippen LogP contribution is 2.20. The van der Waals surface area contributed by atoms with Gasteiger partial charge in [-0.3, -0.25) is 10.2 Å². The molecule has 0 aliphatic heterocycles. The summed E-state index contributed by atoms with van der Waals surface area (Å²) in [6, 6.07) is 18.1. The first-order valence-corrected chi connectivity index (χ1v) is 10.2. The van der Waals surface area contributed by atoms with Crippen LogP contribution in [-0.2, 0) is 21.2 Å². The largest absolute Gasteiger partial charge is 0.277 e. The standard InChI is InChI=1S/C19H17BrN2O3S/c1-13-11-16(9-10-18(13)20)26(24,25)22-21-19(23)12-15-7-4-6-14-5-2-3-8-17(14)15/h2-11,22H,12H2,1H3,(H,21,23). The van der Waals surface area contributed by atoms with Gasteiger partial charge in [-0.2, -0.15) is 0 Å². The fourth-order valence-electron chi connectivity index (χ4n) is 2.63. The van der Waals surface area contributed by atoms with Crippen molar-refractivity contribution in [3.8, 4) is 0 Å². The number of aryl methyl sites for hydroxylation is 1. The number of halogens is 1. The van der Waals surface area contributed by atoms with Crippen LogP contribution in [0, 0.1) is 6.92 Å². The van der Waals surface area contributed by atoms with Gasteiger partial charge in [0.05, 0.1) is 11.3 Å². The lowest BCUT2D eigenvalue weighted by atomic mass is 10.0. The molecule has 3 rings (SSSR count). The number of sulfonamides is 1. The van der Waals surface area contributed by atoms with Gasteiger partial charge in [0.25, 0.3) is 10.0 Å². The molecule has 3 aromatic rings. The molecule has 2 N–H and O–H groups in total. The van der Waals surface area contributed by atoms with Crippen LogP contribution in [-0.4, -0.2) is 14.3 Å². The third-order valence-corrected chi connectivity index (χ3v) is 6.13. The summed E-state index contributed by atoms with van der Waals surface area (Å²) in [5, 5.41) is 2.00. The highest BCUT2D eigenvalue weighted by atomic mass is 79.9. The molecule has 0 saturated heterocycles. The van der Waals surface area contributed by atoms with Crippen LogP contribution in [0.1, 0.15) is 11.1 Å². The number of hydrogen-bond acceptors (Lipinski definition) is 3. The lowest BCUT2D eigenvalue weighted by Crippen LogP contribution is -2.42. The van der Waals surface area contributed by atoms with Gasteiger partial charge in [-0.25, -0.2) is 8.42 Å². The first-order chi connectivity index (χ1) is 12.4. The number of rotatable bonds is 5. The Labute approximate surface area is 160 Å². The Hall–Kier alpha value is -2.22. The average Bonchev–Trinajstić information content (AvgIpc) is 2.63. The zero-order valence-corrected chi connectivity index (χ0v) is 16.4. The van der Waals surface area contributed by atoms with Gasteiger partial charge in [0, 0.05) is 4.47 Å².